The lowest BCUT2D eigenvalue weighted by Crippen LogP contribution is -2.18. The summed E-state index contributed by atoms with van der Waals surface area (Å²) < 4.78 is 18.1. The lowest BCUT2D eigenvalue weighted by atomic mass is 10.3. The lowest BCUT2D eigenvalue weighted by molar-refractivity contribution is -0.387. The standard InChI is InChI=1S/C9H9BrFNO4/c10-4-6(13)5-16-7-1-2-9(12(14)15)8(11)3-7/h1-3,6,13H,4-5H2. The number of hydrogen-bond acceptors (Lipinski definition) is 4. The lowest BCUT2D eigenvalue weighted by Gasteiger charge is -2.09. The van der Waals surface area contributed by atoms with Crippen LogP contribution in [0.15, 0.2) is 18.2 Å². The quantitative estimate of drug-likeness (QED) is 0.511. The first kappa shape index (κ1) is 12.9. The first-order valence-corrected chi connectivity index (χ1v) is 5.47. The summed E-state index contributed by atoms with van der Waals surface area (Å²) in [5.74, 6) is -0.820. The van der Waals surface area contributed by atoms with Crippen molar-refractivity contribution in [2.24, 2.45) is 0 Å². The number of aliphatic hydroxyl groups is 1. The number of benzene rings is 1. The van der Waals surface area contributed by atoms with E-state index in [1.165, 1.54) is 6.07 Å². The molecule has 0 saturated carbocycles. The minimum absolute atomic E-state index is 0.0114. The third-order valence-electron chi connectivity index (χ3n) is 1.74. The van der Waals surface area contributed by atoms with Crippen LogP contribution in [0.2, 0.25) is 0 Å². The molecule has 0 heterocycles. The second-order valence-electron chi connectivity index (χ2n) is 2.99. The number of halogens is 2. The maximum atomic E-state index is 13.1. The van der Waals surface area contributed by atoms with Gasteiger partial charge in [-0.05, 0) is 6.07 Å². The van der Waals surface area contributed by atoms with Crippen molar-refractivity contribution < 1.29 is 19.2 Å². The Morgan fingerprint density at radius 3 is 2.81 bits per heavy atom. The van der Waals surface area contributed by atoms with E-state index in [1.54, 1.807) is 0 Å². The van der Waals surface area contributed by atoms with Crippen molar-refractivity contribution in [2.75, 3.05) is 11.9 Å². The van der Waals surface area contributed by atoms with Gasteiger partial charge in [-0.2, -0.15) is 4.39 Å². The normalized spacial score (nSPS) is 12.2. The van der Waals surface area contributed by atoms with Crippen molar-refractivity contribution in [3.63, 3.8) is 0 Å². The Morgan fingerprint density at radius 2 is 2.31 bits per heavy atom. The highest BCUT2D eigenvalue weighted by Crippen LogP contribution is 2.22. The van der Waals surface area contributed by atoms with Gasteiger partial charge in [0.1, 0.15) is 12.4 Å². The zero-order chi connectivity index (χ0) is 12.1. The van der Waals surface area contributed by atoms with Crippen LogP contribution >= 0.6 is 15.9 Å². The van der Waals surface area contributed by atoms with Gasteiger partial charge in [-0.1, -0.05) is 15.9 Å². The summed E-state index contributed by atoms with van der Waals surface area (Å²) in [4.78, 5) is 9.51. The van der Waals surface area contributed by atoms with E-state index in [4.69, 9.17) is 9.84 Å². The molecule has 1 atom stereocenters. The SMILES string of the molecule is O=[N+]([O-])c1ccc(OCC(O)CBr)cc1F. The fourth-order valence-electron chi connectivity index (χ4n) is 0.962. The van der Waals surface area contributed by atoms with E-state index in [2.05, 4.69) is 15.9 Å². The molecule has 0 aliphatic carbocycles. The number of hydrogen-bond donors (Lipinski definition) is 1. The molecule has 88 valence electrons. The van der Waals surface area contributed by atoms with E-state index < -0.39 is 22.5 Å². The Bertz CT molecular complexity index is 388. The summed E-state index contributed by atoms with van der Waals surface area (Å²) in [7, 11) is 0. The monoisotopic (exact) mass is 293 g/mol. The van der Waals surface area contributed by atoms with Gasteiger partial charge in [0.25, 0.3) is 0 Å². The van der Waals surface area contributed by atoms with Crippen molar-refractivity contribution in [2.45, 2.75) is 6.10 Å². The molecule has 0 spiro atoms. The van der Waals surface area contributed by atoms with E-state index in [-0.39, 0.29) is 12.4 Å². The van der Waals surface area contributed by atoms with Gasteiger partial charge in [-0.3, -0.25) is 10.1 Å². The van der Waals surface area contributed by atoms with Gasteiger partial charge in [0, 0.05) is 17.5 Å². The number of aliphatic hydroxyl groups excluding tert-OH is 1. The summed E-state index contributed by atoms with van der Waals surface area (Å²) in [6.07, 6.45) is -0.710. The molecule has 0 aromatic heterocycles. The molecule has 0 saturated heterocycles. The smallest absolute Gasteiger partial charge is 0.305 e. The van der Waals surface area contributed by atoms with Crippen LogP contribution < -0.4 is 4.74 Å². The van der Waals surface area contributed by atoms with E-state index in [1.807, 2.05) is 0 Å². The molecular weight excluding hydrogens is 285 g/mol. The number of nitro groups is 1. The Kier molecular flexibility index (Phi) is 4.63. The summed E-state index contributed by atoms with van der Waals surface area (Å²) in [5, 5.41) is 19.8. The molecule has 1 N–H and O–H groups in total. The zero-order valence-corrected chi connectivity index (χ0v) is 9.68. The van der Waals surface area contributed by atoms with E-state index >= 15 is 0 Å². The van der Waals surface area contributed by atoms with Gasteiger partial charge in [-0.15, -0.1) is 0 Å². The van der Waals surface area contributed by atoms with Crippen LogP contribution in [-0.4, -0.2) is 28.1 Å². The zero-order valence-electron chi connectivity index (χ0n) is 8.10. The largest absolute Gasteiger partial charge is 0.491 e. The molecule has 1 rings (SSSR count). The number of ether oxygens (including phenoxy) is 1. The first-order valence-electron chi connectivity index (χ1n) is 4.35. The topological polar surface area (TPSA) is 72.6 Å². The fraction of sp³-hybridized carbons (Fsp3) is 0.333. The molecule has 1 aromatic carbocycles. The van der Waals surface area contributed by atoms with E-state index in [9.17, 15) is 14.5 Å². The number of rotatable bonds is 5. The highest BCUT2D eigenvalue weighted by molar-refractivity contribution is 9.09. The Hall–Kier alpha value is -1.21. The molecule has 0 aliphatic rings. The Morgan fingerprint density at radius 1 is 1.62 bits per heavy atom. The molecule has 0 bridgehead atoms. The second-order valence-corrected chi connectivity index (χ2v) is 3.64. The predicted octanol–water partition coefficient (Wildman–Crippen LogP) is 1.87. The maximum absolute atomic E-state index is 13.1. The van der Waals surface area contributed by atoms with E-state index in [0.29, 0.717) is 5.33 Å². The van der Waals surface area contributed by atoms with Crippen molar-refractivity contribution >= 4 is 21.6 Å². The molecule has 7 heteroatoms. The minimum atomic E-state index is -0.962. The Labute approximate surface area is 99.1 Å². The third-order valence-corrected chi connectivity index (χ3v) is 2.48. The van der Waals surface area contributed by atoms with Crippen LogP contribution in [-0.2, 0) is 0 Å². The highest BCUT2D eigenvalue weighted by Gasteiger charge is 2.14. The molecule has 1 unspecified atom stereocenters. The molecular formula is C9H9BrFNO4. The summed E-state index contributed by atoms with van der Waals surface area (Å²) in [6.45, 7) is -0.0114. The van der Waals surface area contributed by atoms with Gasteiger partial charge >= 0.3 is 5.69 Å². The van der Waals surface area contributed by atoms with Crippen molar-refractivity contribution in [1.82, 2.24) is 0 Å². The summed E-state index contributed by atoms with van der Waals surface area (Å²) >= 11 is 3.04. The summed E-state index contributed by atoms with van der Waals surface area (Å²) in [5.41, 5.74) is -0.603. The van der Waals surface area contributed by atoms with Gasteiger partial charge in [-0.25, -0.2) is 0 Å². The maximum Gasteiger partial charge on any atom is 0.305 e. The minimum Gasteiger partial charge on any atom is -0.491 e. The fourth-order valence-corrected chi connectivity index (χ4v) is 1.15. The van der Waals surface area contributed by atoms with Crippen LogP contribution in [0.3, 0.4) is 0 Å². The van der Waals surface area contributed by atoms with Crippen LogP contribution in [0.25, 0.3) is 0 Å². The Balaban J connectivity index is 2.70. The van der Waals surface area contributed by atoms with Crippen molar-refractivity contribution in [3.05, 3.63) is 34.1 Å². The van der Waals surface area contributed by atoms with Crippen LogP contribution in [0, 0.1) is 15.9 Å². The average molecular weight is 294 g/mol. The molecule has 0 fully saturated rings. The predicted molar refractivity (Wildman–Crippen MR) is 58.4 cm³/mol. The highest BCUT2D eigenvalue weighted by atomic mass is 79.9. The van der Waals surface area contributed by atoms with Gasteiger partial charge in [0.05, 0.1) is 11.0 Å². The van der Waals surface area contributed by atoms with Gasteiger partial charge in [0.2, 0.25) is 5.82 Å². The van der Waals surface area contributed by atoms with E-state index in [0.717, 1.165) is 12.1 Å². The van der Waals surface area contributed by atoms with Gasteiger partial charge in [0.15, 0.2) is 0 Å². The number of nitro benzene ring substituents is 1. The molecule has 0 aliphatic heterocycles. The first-order chi connectivity index (χ1) is 7.54. The molecule has 16 heavy (non-hydrogen) atoms. The molecule has 1 aromatic rings. The third kappa shape index (κ3) is 3.42. The summed E-state index contributed by atoms with van der Waals surface area (Å²) in [6, 6.07) is 3.21. The number of alkyl halides is 1. The van der Waals surface area contributed by atoms with Crippen LogP contribution in [0.1, 0.15) is 0 Å². The van der Waals surface area contributed by atoms with Crippen molar-refractivity contribution in [1.29, 1.82) is 0 Å². The van der Waals surface area contributed by atoms with Crippen LogP contribution in [0.4, 0.5) is 10.1 Å². The molecule has 0 amide bonds. The molecule has 0 radical (unpaired) electrons. The molecule has 5 nitrogen and oxygen atoms in total. The van der Waals surface area contributed by atoms with Crippen LogP contribution in [0.5, 0.6) is 5.75 Å². The average Bonchev–Trinajstić information content (AvgIpc) is 2.25. The van der Waals surface area contributed by atoms with Crippen molar-refractivity contribution in [3.8, 4) is 5.75 Å². The van der Waals surface area contributed by atoms with Gasteiger partial charge < -0.3 is 9.84 Å². The number of nitrogens with zero attached hydrogens (tertiary/aromatic N) is 1. The second kappa shape index (κ2) is 5.76.